The smallest absolute Gasteiger partial charge is 0.265 e. The molecule has 3 aromatic rings. The summed E-state index contributed by atoms with van der Waals surface area (Å²) in [6.07, 6.45) is 0.0718. The first kappa shape index (κ1) is 22.4. The maximum Gasteiger partial charge on any atom is 0.265 e. The van der Waals surface area contributed by atoms with Crippen molar-refractivity contribution in [2.75, 3.05) is 17.8 Å². The number of sulfonamides is 1. The molecule has 0 aliphatic carbocycles. The molecule has 1 saturated heterocycles. The number of aromatic hydroxyl groups is 1. The van der Waals surface area contributed by atoms with Crippen LogP contribution in [0.3, 0.4) is 0 Å². The first-order valence-electron chi connectivity index (χ1n) is 10.2. The summed E-state index contributed by atoms with van der Waals surface area (Å²) in [6.45, 7) is 0.530. The standard InChI is InChI=1S/C23H17ClF2N2O5S/c24-16-7-12-8-21(22(16)29)34(31,32)27-19-9-15(17(25)10-18(19)26)14-3-1-2-4-20(14)33-13-5-6-28(11-13)23(12)30/h1-4,7-10,13,27,29H,5-6,11H2. The van der Waals surface area contributed by atoms with Gasteiger partial charge in [0.2, 0.25) is 0 Å². The number of anilines is 1. The Hall–Kier alpha value is -3.37. The molecule has 1 unspecified atom stereocenters. The van der Waals surface area contributed by atoms with Gasteiger partial charge in [-0.3, -0.25) is 9.52 Å². The number of ether oxygens (including phenoxy) is 1. The van der Waals surface area contributed by atoms with E-state index in [-0.39, 0.29) is 28.3 Å². The highest BCUT2D eigenvalue weighted by atomic mass is 35.5. The molecule has 2 heterocycles. The molecule has 2 aliphatic rings. The number of benzene rings is 3. The average molecular weight is 507 g/mol. The number of rotatable bonds is 0. The van der Waals surface area contributed by atoms with Crippen LogP contribution in [0.1, 0.15) is 16.8 Å². The van der Waals surface area contributed by atoms with Crippen LogP contribution >= 0.6 is 11.6 Å². The zero-order chi connectivity index (χ0) is 24.2. The van der Waals surface area contributed by atoms with Gasteiger partial charge in [0, 0.05) is 35.7 Å². The van der Waals surface area contributed by atoms with Crippen LogP contribution < -0.4 is 9.46 Å². The van der Waals surface area contributed by atoms with Crippen LogP contribution in [0, 0.1) is 11.6 Å². The van der Waals surface area contributed by atoms with Crippen molar-refractivity contribution in [1.82, 2.24) is 4.90 Å². The van der Waals surface area contributed by atoms with Crippen LogP contribution in [0.25, 0.3) is 11.1 Å². The summed E-state index contributed by atoms with van der Waals surface area (Å²) in [7, 11) is -4.63. The number of phenols is 1. The van der Waals surface area contributed by atoms with E-state index in [9.17, 15) is 27.1 Å². The molecule has 0 spiro atoms. The maximum absolute atomic E-state index is 14.8. The minimum atomic E-state index is -4.63. The topological polar surface area (TPSA) is 95.9 Å². The van der Waals surface area contributed by atoms with Gasteiger partial charge in [-0.05, 0) is 24.3 Å². The zero-order valence-corrected chi connectivity index (χ0v) is 19.0. The van der Waals surface area contributed by atoms with Crippen LogP contribution in [0.4, 0.5) is 14.5 Å². The minimum absolute atomic E-state index is 0.0700. The van der Waals surface area contributed by atoms with Gasteiger partial charge in [0.05, 0.1) is 17.3 Å². The van der Waals surface area contributed by atoms with E-state index in [1.54, 1.807) is 24.3 Å². The molecule has 1 amide bonds. The summed E-state index contributed by atoms with van der Waals surface area (Å²) in [4.78, 5) is 13.8. The summed E-state index contributed by atoms with van der Waals surface area (Å²) >= 11 is 6.02. The molecule has 11 heteroatoms. The number of phenolic OH excluding ortho intramolecular Hbond substituents is 1. The Balaban J connectivity index is 1.75. The Bertz CT molecular complexity index is 1450. The molecule has 176 valence electrons. The molecular formula is C23H17ClF2N2O5S. The normalized spacial score (nSPS) is 18.9. The average Bonchev–Trinajstić information content (AvgIpc) is 3.25. The number of hydrogen-bond donors (Lipinski definition) is 2. The van der Waals surface area contributed by atoms with Crippen LogP contribution in [0.15, 0.2) is 53.4 Å². The van der Waals surface area contributed by atoms with Crippen LogP contribution in [-0.2, 0) is 10.0 Å². The lowest BCUT2D eigenvalue weighted by atomic mass is 10.0. The molecule has 6 bridgehead atoms. The van der Waals surface area contributed by atoms with Crippen LogP contribution in [-0.4, -0.2) is 43.5 Å². The molecule has 3 aromatic carbocycles. The van der Waals surface area contributed by atoms with Gasteiger partial charge in [0.25, 0.3) is 15.9 Å². The number of fused-ring (bicyclic) bond motifs is 8. The summed E-state index contributed by atoms with van der Waals surface area (Å²) < 4.78 is 63.7. The third-order valence-corrected chi connectivity index (χ3v) is 7.44. The molecular weight excluding hydrogens is 490 g/mol. The third kappa shape index (κ3) is 3.82. The van der Waals surface area contributed by atoms with Gasteiger partial charge >= 0.3 is 0 Å². The largest absolute Gasteiger partial charge is 0.505 e. The lowest BCUT2D eigenvalue weighted by molar-refractivity contribution is 0.0772. The van der Waals surface area contributed by atoms with E-state index in [0.29, 0.717) is 24.8 Å². The van der Waals surface area contributed by atoms with Gasteiger partial charge in [-0.15, -0.1) is 0 Å². The summed E-state index contributed by atoms with van der Waals surface area (Å²) in [5.41, 5.74) is -0.434. The Labute approximate surface area is 198 Å². The van der Waals surface area contributed by atoms with E-state index in [4.69, 9.17) is 16.3 Å². The highest BCUT2D eigenvalue weighted by molar-refractivity contribution is 7.92. The SMILES string of the molecule is O=C1c2cc(Cl)c(O)c(c2)S(=O)(=O)Nc2cc(c(F)cc2F)-c2ccccc2OC2CCN1C2. The lowest BCUT2D eigenvalue weighted by Gasteiger charge is -2.19. The highest BCUT2D eigenvalue weighted by Gasteiger charge is 2.32. The van der Waals surface area contributed by atoms with Crippen molar-refractivity contribution >= 4 is 33.2 Å². The van der Waals surface area contributed by atoms with Gasteiger partial charge in [0.1, 0.15) is 28.4 Å². The van der Waals surface area contributed by atoms with E-state index in [0.717, 1.165) is 18.2 Å². The molecule has 0 radical (unpaired) electrons. The van der Waals surface area contributed by atoms with Crippen molar-refractivity contribution in [3.63, 3.8) is 0 Å². The first-order valence-corrected chi connectivity index (χ1v) is 12.1. The molecule has 2 aliphatic heterocycles. The summed E-state index contributed by atoms with van der Waals surface area (Å²) in [5.74, 6) is -3.10. The molecule has 2 N–H and O–H groups in total. The number of amides is 1. The van der Waals surface area contributed by atoms with Gasteiger partial charge in [-0.1, -0.05) is 29.8 Å². The zero-order valence-electron chi connectivity index (χ0n) is 17.4. The lowest BCUT2D eigenvalue weighted by Crippen LogP contribution is -2.31. The van der Waals surface area contributed by atoms with E-state index >= 15 is 0 Å². The Morgan fingerprint density at radius 2 is 1.85 bits per heavy atom. The molecule has 5 rings (SSSR count). The predicted octanol–water partition coefficient (Wildman–Crippen LogP) is 4.40. The van der Waals surface area contributed by atoms with Crippen molar-refractivity contribution in [2.45, 2.75) is 17.4 Å². The Morgan fingerprint density at radius 1 is 1.09 bits per heavy atom. The van der Waals surface area contributed by atoms with Crippen molar-refractivity contribution in [3.8, 4) is 22.6 Å². The van der Waals surface area contributed by atoms with Gasteiger partial charge in [-0.2, -0.15) is 0 Å². The van der Waals surface area contributed by atoms with E-state index in [2.05, 4.69) is 0 Å². The fourth-order valence-corrected chi connectivity index (χ4v) is 5.58. The first-order chi connectivity index (χ1) is 16.1. The second-order valence-corrected chi connectivity index (χ2v) is 10.1. The molecule has 34 heavy (non-hydrogen) atoms. The second-order valence-electron chi connectivity index (χ2n) is 8.00. The minimum Gasteiger partial charge on any atom is -0.505 e. The van der Waals surface area contributed by atoms with E-state index < -0.39 is 50.0 Å². The van der Waals surface area contributed by atoms with Crippen LogP contribution in [0.5, 0.6) is 11.5 Å². The summed E-state index contributed by atoms with van der Waals surface area (Å²) in [6, 6.07) is 10.2. The number of carbonyl (C=O) groups is 1. The predicted molar refractivity (Wildman–Crippen MR) is 121 cm³/mol. The second kappa shape index (κ2) is 8.14. The van der Waals surface area contributed by atoms with E-state index in [1.807, 2.05) is 4.72 Å². The van der Waals surface area contributed by atoms with E-state index in [1.165, 1.54) is 4.90 Å². The monoisotopic (exact) mass is 506 g/mol. The summed E-state index contributed by atoms with van der Waals surface area (Å²) in [5, 5.41) is 9.96. The van der Waals surface area contributed by atoms with Crippen molar-refractivity contribution in [3.05, 3.63) is 70.8 Å². The van der Waals surface area contributed by atoms with Crippen molar-refractivity contribution < 1.29 is 31.8 Å². The van der Waals surface area contributed by atoms with Crippen LogP contribution in [0.2, 0.25) is 5.02 Å². The van der Waals surface area contributed by atoms with Gasteiger partial charge in [-0.25, -0.2) is 17.2 Å². The number of hydrogen-bond acceptors (Lipinski definition) is 5. The molecule has 0 aromatic heterocycles. The van der Waals surface area contributed by atoms with Crippen molar-refractivity contribution in [2.24, 2.45) is 0 Å². The Morgan fingerprint density at radius 3 is 2.65 bits per heavy atom. The fraction of sp³-hybridized carbons (Fsp3) is 0.174. The fourth-order valence-electron chi connectivity index (χ4n) is 4.10. The molecule has 1 atom stereocenters. The molecule has 0 saturated carbocycles. The maximum atomic E-state index is 14.8. The number of nitrogens with one attached hydrogen (secondary N) is 1. The molecule has 1 fully saturated rings. The van der Waals surface area contributed by atoms with Crippen molar-refractivity contribution in [1.29, 1.82) is 0 Å². The Kier molecular flexibility index (Phi) is 5.37. The number of para-hydroxylation sites is 1. The quantitative estimate of drug-likeness (QED) is 0.471. The van der Waals surface area contributed by atoms with Gasteiger partial charge < -0.3 is 14.7 Å². The molecule has 7 nitrogen and oxygen atoms in total. The van der Waals surface area contributed by atoms with Gasteiger partial charge in [0.15, 0.2) is 5.75 Å². The highest BCUT2D eigenvalue weighted by Crippen LogP contribution is 2.38. The third-order valence-electron chi connectivity index (χ3n) is 5.77. The number of halogens is 3. The number of nitrogens with zero attached hydrogens (tertiary/aromatic N) is 1. The number of carbonyl (C=O) groups excluding carboxylic acids is 1.